The van der Waals surface area contributed by atoms with Gasteiger partial charge in [0.15, 0.2) is 0 Å². The Bertz CT molecular complexity index is 1190. The van der Waals surface area contributed by atoms with Crippen molar-refractivity contribution in [1.82, 2.24) is 10.2 Å². The molecule has 0 spiro atoms. The largest absolute Gasteiger partial charge is 0.497 e. The first-order valence-electron chi connectivity index (χ1n) is 12.1. The number of ether oxygens (including phenoxy) is 1. The van der Waals surface area contributed by atoms with Crippen LogP contribution >= 0.6 is 11.6 Å². The lowest BCUT2D eigenvalue weighted by atomic mass is 10.1. The molecule has 204 valence electrons. The predicted octanol–water partition coefficient (Wildman–Crippen LogP) is 4.54. The molecule has 2 aromatic rings. The van der Waals surface area contributed by atoms with Crippen molar-refractivity contribution in [3.63, 3.8) is 0 Å². The lowest BCUT2D eigenvalue weighted by Crippen LogP contribution is -2.52. The zero-order chi connectivity index (χ0) is 28.0. The molecule has 0 aromatic heterocycles. The van der Waals surface area contributed by atoms with Crippen LogP contribution in [0.1, 0.15) is 51.7 Å². The number of amides is 2. The van der Waals surface area contributed by atoms with E-state index in [0.717, 1.165) is 11.8 Å². The van der Waals surface area contributed by atoms with E-state index in [4.69, 9.17) is 16.3 Å². The maximum absolute atomic E-state index is 13.4. The Morgan fingerprint density at radius 3 is 2.27 bits per heavy atom. The van der Waals surface area contributed by atoms with E-state index in [9.17, 15) is 18.0 Å². The molecule has 0 aliphatic rings. The Labute approximate surface area is 226 Å². The van der Waals surface area contributed by atoms with Gasteiger partial charge in [0.1, 0.15) is 11.8 Å². The summed E-state index contributed by atoms with van der Waals surface area (Å²) in [5.41, 5.74) is 1.52. The summed E-state index contributed by atoms with van der Waals surface area (Å²) >= 11 is 6.21. The summed E-state index contributed by atoms with van der Waals surface area (Å²) in [4.78, 5) is 27.9. The van der Waals surface area contributed by atoms with E-state index in [1.165, 1.54) is 9.21 Å². The number of nitrogens with zero attached hydrogens (tertiary/aromatic N) is 2. The summed E-state index contributed by atoms with van der Waals surface area (Å²) in [6, 6.07) is 11.7. The number of benzene rings is 2. The van der Waals surface area contributed by atoms with Gasteiger partial charge in [0.05, 0.1) is 19.1 Å². The number of rotatable bonds is 11. The molecule has 0 bridgehead atoms. The molecule has 2 rings (SSSR count). The van der Waals surface area contributed by atoms with Gasteiger partial charge in [0.2, 0.25) is 21.8 Å². The number of sulfonamides is 1. The molecule has 0 fully saturated rings. The van der Waals surface area contributed by atoms with Gasteiger partial charge in [0, 0.05) is 30.1 Å². The fourth-order valence-corrected chi connectivity index (χ4v) is 5.02. The van der Waals surface area contributed by atoms with Crippen molar-refractivity contribution < 1.29 is 22.7 Å². The van der Waals surface area contributed by atoms with E-state index in [-0.39, 0.29) is 37.7 Å². The number of carbonyl (C=O) groups is 2. The van der Waals surface area contributed by atoms with E-state index >= 15 is 0 Å². The first kappa shape index (κ1) is 30.4. The van der Waals surface area contributed by atoms with Gasteiger partial charge >= 0.3 is 0 Å². The summed E-state index contributed by atoms with van der Waals surface area (Å²) < 4.78 is 31.6. The monoisotopic (exact) mass is 551 g/mol. The smallest absolute Gasteiger partial charge is 0.242 e. The third-order valence-corrected chi connectivity index (χ3v) is 7.43. The number of methoxy groups -OCH3 is 1. The zero-order valence-electron chi connectivity index (χ0n) is 22.7. The van der Waals surface area contributed by atoms with Gasteiger partial charge in [-0.15, -0.1) is 0 Å². The number of carbonyl (C=O) groups excluding carboxylic acids is 2. The van der Waals surface area contributed by atoms with Crippen LogP contribution < -0.4 is 14.4 Å². The lowest BCUT2D eigenvalue weighted by molar-refractivity contribution is -0.141. The fourth-order valence-electron chi connectivity index (χ4n) is 3.83. The minimum atomic E-state index is -3.61. The normalized spacial score (nSPS) is 12.5. The number of hydrogen-bond acceptors (Lipinski definition) is 5. The average Bonchev–Trinajstić information content (AvgIpc) is 2.80. The highest BCUT2D eigenvalue weighted by Crippen LogP contribution is 2.28. The first-order chi connectivity index (χ1) is 17.1. The molecule has 37 heavy (non-hydrogen) atoms. The Morgan fingerprint density at radius 1 is 1.11 bits per heavy atom. The molecule has 0 heterocycles. The van der Waals surface area contributed by atoms with E-state index in [0.29, 0.717) is 22.0 Å². The Morgan fingerprint density at radius 2 is 1.73 bits per heavy atom. The number of hydrogen-bond donors (Lipinski definition) is 1. The molecule has 0 radical (unpaired) electrons. The average molecular weight is 552 g/mol. The van der Waals surface area contributed by atoms with Crippen molar-refractivity contribution in [2.45, 2.75) is 65.6 Å². The van der Waals surface area contributed by atoms with Crippen LogP contribution in [0.2, 0.25) is 5.02 Å². The third-order valence-electron chi connectivity index (χ3n) is 5.84. The highest BCUT2D eigenvalue weighted by atomic mass is 35.5. The van der Waals surface area contributed by atoms with E-state index in [2.05, 4.69) is 5.32 Å². The van der Waals surface area contributed by atoms with Gasteiger partial charge in [-0.05, 0) is 76.4 Å². The summed E-state index contributed by atoms with van der Waals surface area (Å²) in [5.74, 6) is 0.183. The van der Waals surface area contributed by atoms with Crippen LogP contribution in [0.5, 0.6) is 5.75 Å². The summed E-state index contributed by atoms with van der Waals surface area (Å²) in [6.07, 6.45) is 1.46. The van der Waals surface area contributed by atoms with Crippen molar-refractivity contribution in [1.29, 1.82) is 0 Å². The maximum atomic E-state index is 13.4. The molecule has 8 nitrogen and oxygen atoms in total. The van der Waals surface area contributed by atoms with Crippen LogP contribution in [0, 0.1) is 6.92 Å². The molecule has 0 aliphatic carbocycles. The predicted molar refractivity (Wildman–Crippen MR) is 149 cm³/mol. The van der Waals surface area contributed by atoms with Crippen LogP contribution in [0.4, 0.5) is 5.69 Å². The lowest BCUT2D eigenvalue weighted by Gasteiger charge is -2.32. The molecular formula is C27H38ClN3O5S. The van der Waals surface area contributed by atoms with Gasteiger partial charge in [-0.2, -0.15) is 0 Å². The minimum absolute atomic E-state index is 0.0644. The van der Waals surface area contributed by atoms with Crippen molar-refractivity contribution >= 4 is 39.1 Å². The number of anilines is 1. The van der Waals surface area contributed by atoms with Gasteiger partial charge in [-0.3, -0.25) is 13.9 Å². The molecule has 1 atom stereocenters. The molecule has 1 N–H and O–H groups in total. The fraction of sp³-hybridized carbons (Fsp3) is 0.481. The van der Waals surface area contributed by atoms with Crippen molar-refractivity contribution in [2.24, 2.45) is 0 Å². The van der Waals surface area contributed by atoms with Crippen molar-refractivity contribution in [3.05, 3.63) is 58.6 Å². The van der Waals surface area contributed by atoms with E-state index in [1.54, 1.807) is 51.3 Å². The van der Waals surface area contributed by atoms with Crippen LogP contribution in [0.25, 0.3) is 0 Å². The Kier molecular flexibility index (Phi) is 10.4. The topological polar surface area (TPSA) is 96.0 Å². The quantitative estimate of drug-likeness (QED) is 0.442. The Balaban J connectivity index is 2.23. The summed E-state index contributed by atoms with van der Waals surface area (Å²) in [5, 5.41) is 3.40. The molecule has 0 aliphatic heterocycles. The molecule has 0 unspecified atom stereocenters. The van der Waals surface area contributed by atoms with Gasteiger partial charge < -0.3 is 15.0 Å². The highest BCUT2D eigenvalue weighted by Gasteiger charge is 2.29. The molecule has 2 aromatic carbocycles. The standard InChI is InChI=1S/C27H38ClN3O5S/c1-19-23(28)10-8-11-24(19)31(37(7,34)35)17-9-12-25(32)30(20(2)26(33)29-27(3,4)5)18-21-13-15-22(36-6)16-14-21/h8,10-11,13-16,20H,9,12,17-18H2,1-7H3,(H,29,33)/t20-/m1/s1. The minimum Gasteiger partial charge on any atom is -0.497 e. The van der Waals surface area contributed by atoms with E-state index in [1.807, 2.05) is 32.9 Å². The molecular weight excluding hydrogens is 514 g/mol. The third kappa shape index (κ3) is 8.93. The van der Waals surface area contributed by atoms with E-state index < -0.39 is 21.6 Å². The maximum Gasteiger partial charge on any atom is 0.242 e. The van der Waals surface area contributed by atoms with Crippen LogP contribution in [0.3, 0.4) is 0 Å². The van der Waals surface area contributed by atoms with Crippen LogP contribution in [-0.2, 0) is 26.2 Å². The van der Waals surface area contributed by atoms with Gasteiger partial charge in [-0.1, -0.05) is 29.8 Å². The summed E-state index contributed by atoms with van der Waals surface area (Å²) in [7, 11) is -2.03. The number of nitrogens with one attached hydrogen (secondary N) is 1. The SMILES string of the molecule is COc1ccc(CN(C(=O)CCCN(c2cccc(Cl)c2C)S(C)(=O)=O)[C@H](C)C(=O)NC(C)(C)C)cc1. The molecule has 0 saturated heterocycles. The van der Waals surface area contributed by atoms with Crippen LogP contribution in [-0.4, -0.2) is 56.6 Å². The summed E-state index contributed by atoms with van der Waals surface area (Å²) in [6.45, 7) is 9.42. The molecule has 0 saturated carbocycles. The van der Waals surface area contributed by atoms with Crippen LogP contribution in [0.15, 0.2) is 42.5 Å². The second kappa shape index (κ2) is 12.6. The first-order valence-corrected chi connectivity index (χ1v) is 14.3. The highest BCUT2D eigenvalue weighted by molar-refractivity contribution is 7.92. The number of halogens is 1. The van der Waals surface area contributed by atoms with Gasteiger partial charge in [0.25, 0.3) is 0 Å². The molecule has 10 heteroatoms. The molecule has 2 amide bonds. The van der Waals surface area contributed by atoms with Crippen molar-refractivity contribution in [2.75, 3.05) is 24.2 Å². The zero-order valence-corrected chi connectivity index (χ0v) is 24.2. The second-order valence-electron chi connectivity index (χ2n) is 10.1. The van der Waals surface area contributed by atoms with Crippen molar-refractivity contribution in [3.8, 4) is 5.75 Å². The Hall–Kier alpha value is -2.78. The van der Waals surface area contributed by atoms with Gasteiger partial charge in [-0.25, -0.2) is 8.42 Å². The second-order valence-corrected chi connectivity index (χ2v) is 12.4.